The zero-order chi connectivity index (χ0) is 12.3. The molecule has 0 aliphatic heterocycles. The molecule has 0 spiro atoms. The Morgan fingerprint density at radius 2 is 1.71 bits per heavy atom. The molecule has 0 aromatic heterocycles. The first kappa shape index (κ1) is 11.9. The second-order valence-corrected chi connectivity index (χ2v) is 4.29. The van der Waals surface area contributed by atoms with Gasteiger partial charge in [-0.05, 0) is 30.7 Å². The van der Waals surface area contributed by atoms with Gasteiger partial charge in [0.1, 0.15) is 5.82 Å². The quantitative estimate of drug-likeness (QED) is 0.657. The summed E-state index contributed by atoms with van der Waals surface area (Å²) >= 11 is 5.93. The van der Waals surface area contributed by atoms with E-state index in [-0.39, 0.29) is 5.82 Å². The molecule has 0 N–H and O–H groups in total. The lowest BCUT2D eigenvalue weighted by atomic mass is 10.1. The summed E-state index contributed by atoms with van der Waals surface area (Å²) in [5.41, 5.74) is 2.65. The largest absolute Gasteiger partial charge is 0.206 e. The van der Waals surface area contributed by atoms with E-state index in [1.807, 2.05) is 37.3 Å². The molecule has 0 radical (unpaired) electrons. The summed E-state index contributed by atoms with van der Waals surface area (Å²) in [7, 11) is 0. The van der Waals surface area contributed by atoms with Crippen LogP contribution in [-0.2, 0) is 0 Å². The summed E-state index contributed by atoms with van der Waals surface area (Å²) in [5.74, 6) is -0.305. The van der Waals surface area contributed by atoms with Gasteiger partial charge >= 0.3 is 0 Å². The summed E-state index contributed by atoms with van der Waals surface area (Å²) in [5, 5.41) is 0.424. The molecule has 0 unspecified atom stereocenters. The maximum atomic E-state index is 13.5. The Labute approximate surface area is 105 Å². The monoisotopic (exact) mass is 246 g/mol. The molecule has 0 aliphatic carbocycles. The van der Waals surface area contributed by atoms with Crippen molar-refractivity contribution in [3.63, 3.8) is 0 Å². The zero-order valence-electron chi connectivity index (χ0n) is 9.45. The number of halogens is 2. The molecule has 0 atom stereocenters. The van der Waals surface area contributed by atoms with Crippen LogP contribution in [0.2, 0.25) is 5.02 Å². The van der Waals surface area contributed by atoms with Crippen LogP contribution >= 0.6 is 11.6 Å². The molecule has 0 heterocycles. The molecular formula is C15H12ClF. The normalized spacial score (nSPS) is 11.0. The van der Waals surface area contributed by atoms with Gasteiger partial charge in [-0.25, -0.2) is 4.39 Å². The van der Waals surface area contributed by atoms with Crippen LogP contribution in [0.4, 0.5) is 4.39 Å². The minimum atomic E-state index is -0.305. The third kappa shape index (κ3) is 2.95. The molecule has 2 aromatic rings. The van der Waals surface area contributed by atoms with Gasteiger partial charge in [-0.3, -0.25) is 0 Å². The van der Waals surface area contributed by atoms with Crippen LogP contribution in [0.3, 0.4) is 0 Å². The van der Waals surface area contributed by atoms with Gasteiger partial charge in [0.25, 0.3) is 0 Å². The average molecular weight is 247 g/mol. The van der Waals surface area contributed by atoms with Crippen LogP contribution in [0, 0.1) is 12.7 Å². The van der Waals surface area contributed by atoms with Crippen LogP contribution < -0.4 is 0 Å². The standard InChI is InChI=1S/C15H12ClF/c1-11-5-7-12(8-6-11)9-10-13-14(16)3-2-4-15(13)17/h2-10H,1H3/b10-9-. The Morgan fingerprint density at radius 1 is 1.00 bits per heavy atom. The van der Waals surface area contributed by atoms with Crippen LogP contribution in [0.1, 0.15) is 16.7 Å². The third-order valence-corrected chi connectivity index (χ3v) is 2.85. The third-order valence-electron chi connectivity index (χ3n) is 2.52. The lowest BCUT2D eigenvalue weighted by Gasteiger charge is -2.00. The van der Waals surface area contributed by atoms with E-state index in [2.05, 4.69) is 0 Å². The first-order valence-electron chi connectivity index (χ1n) is 5.35. The van der Waals surface area contributed by atoms with Gasteiger partial charge in [0, 0.05) is 5.56 Å². The van der Waals surface area contributed by atoms with Gasteiger partial charge < -0.3 is 0 Å². The SMILES string of the molecule is Cc1ccc(/C=C\c2c(F)cccc2Cl)cc1. The molecule has 2 aromatic carbocycles. The Balaban J connectivity index is 2.29. The van der Waals surface area contributed by atoms with Gasteiger partial charge in [0.15, 0.2) is 0 Å². The van der Waals surface area contributed by atoms with E-state index < -0.39 is 0 Å². The van der Waals surface area contributed by atoms with Gasteiger partial charge in [0.2, 0.25) is 0 Å². The van der Waals surface area contributed by atoms with Crippen LogP contribution in [-0.4, -0.2) is 0 Å². The van der Waals surface area contributed by atoms with Gasteiger partial charge in [0.05, 0.1) is 5.02 Å². The summed E-state index contributed by atoms with van der Waals surface area (Å²) in [6.07, 6.45) is 3.55. The molecule has 17 heavy (non-hydrogen) atoms. The highest BCUT2D eigenvalue weighted by Crippen LogP contribution is 2.21. The molecule has 0 amide bonds. The first-order chi connectivity index (χ1) is 8.16. The fourth-order valence-electron chi connectivity index (χ4n) is 1.53. The molecule has 2 heteroatoms. The zero-order valence-corrected chi connectivity index (χ0v) is 10.2. The number of benzene rings is 2. The molecule has 0 aliphatic rings. The van der Waals surface area contributed by atoms with E-state index in [1.165, 1.54) is 11.6 Å². The number of hydrogen-bond acceptors (Lipinski definition) is 0. The van der Waals surface area contributed by atoms with Crippen molar-refractivity contribution in [1.29, 1.82) is 0 Å². The Morgan fingerprint density at radius 3 is 2.35 bits per heavy atom. The van der Waals surface area contributed by atoms with Crippen molar-refractivity contribution in [1.82, 2.24) is 0 Å². The summed E-state index contributed by atoms with van der Waals surface area (Å²) < 4.78 is 13.5. The molecule has 0 bridgehead atoms. The van der Waals surface area contributed by atoms with Crippen molar-refractivity contribution in [2.75, 3.05) is 0 Å². The van der Waals surface area contributed by atoms with Crippen molar-refractivity contribution >= 4 is 23.8 Å². The van der Waals surface area contributed by atoms with Crippen LogP contribution in [0.25, 0.3) is 12.2 Å². The van der Waals surface area contributed by atoms with Crippen LogP contribution in [0.5, 0.6) is 0 Å². The van der Waals surface area contributed by atoms with E-state index in [0.29, 0.717) is 10.6 Å². The molecule has 0 fully saturated rings. The molecule has 2 rings (SSSR count). The Kier molecular flexibility index (Phi) is 3.60. The molecule has 86 valence electrons. The second kappa shape index (κ2) is 5.15. The van der Waals surface area contributed by atoms with E-state index in [1.54, 1.807) is 18.2 Å². The van der Waals surface area contributed by atoms with E-state index in [9.17, 15) is 4.39 Å². The highest BCUT2D eigenvalue weighted by molar-refractivity contribution is 6.32. The van der Waals surface area contributed by atoms with Crippen LogP contribution in [0.15, 0.2) is 42.5 Å². The first-order valence-corrected chi connectivity index (χ1v) is 5.73. The number of hydrogen-bond donors (Lipinski definition) is 0. The smallest absolute Gasteiger partial charge is 0.131 e. The summed E-state index contributed by atoms with van der Waals surface area (Å²) in [4.78, 5) is 0. The predicted octanol–water partition coefficient (Wildman–Crippen LogP) is 4.96. The Hall–Kier alpha value is -1.60. The lowest BCUT2D eigenvalue weighted by Crippen LogP contribution is -1.82. The number of rotatable bonds is 2. The maximum absolute atomic E-state index is 13.5. The van der Waals surface area contributed by atoms with Crippen molar-refractivity contribution < 1.29 is 4.39 Å². The summed E-state index contributed by atoms with van der Waals surface area (Å²) in [6.45, 7) is 2.03. The molecule has 0 saturated heterocycles. The molecule has 0 saturated carbocycles. The topological polar surface area (TPSA) is 0 Å². The van der Waals surface area contributed by atoms with Crippen molar-refractivity contribution in [2.45, 2.75) is 6.92 Å². The van der Waals surface area contributed by atoms with Gasteiger partial charge in [-0.1, -0.05) is 53.6 Å². The minimum absolute atomic E-state index is 0.305. The highest BCUT2D eigenvalue weighted by atomic mass is 35.5. The van der Waals surface area contributed by atoms with E-state index in [4.69, 9.17) is 11.6 Å². The fraction of sp³-hybridized carbons (Fsp3) is 0.0667. The van der Waals surface area contributed by atoms with Crippen molar-refractivity contribution in [2.24, 2.45) is 0 Å². The lowest BCUT2D eigenvalue weighted by molar-refractivity contribution is 0.625. The second-order valence-electron chi connectivity index (χ2n) is 3.88. The number of aryl methyl sites for hydroxylation is 1. The molecule has 0 nitrogen and oxygen atoms in total. The van der Waals surface area contributed by atoms with Gasteiger partial charge in [-0.2, -0.15) is 0 Å². The average Bonchev–Trinajstić information content (AvgIpc) is 2.31. The summed E-state index contributed by atoms with van der Waals surface area (Å²) in [6, 6.07) is 12.7. The fourth-order valence-corrected chi connectivity index (χ4v) is 1.75. The predicted molar refractivity (Wildman–Crippen MR) is 71.5 cm³/mol. The van der Waals surface area contributed by atoms with E-state index in [0.717, 1.165) is 5.56 Å². The maximum Gasteiger partial charge on any atom is 0.131 e. The van der Waals surface area contributed by atoms with Crippen molar-refractivity contribution in [3.8, 4) is 0 Å². The van der Waals surface area contributed by atoms with E-state index >= 15 is 0 Å². The Bertz CT molecular complexity index is 521. The minimum Gasteiger partial charge on any atom is -0.206 e. The van der Waals surface area contributed by atoms with Crippen molar-refractivity contribution in [3.05, 3.63) is 70.0 Å². The highest BCUT2D eigenvalue weighted by Gasteiger charge is 2.02. The molecular weight excluding hydrogens is 235 g/mol. The van der Waals surface area contributed by atoms with Gasteiger partial charge in [-0.15, -0.1) is 0 Å².